The molecule has 8 nitrogen and oxygen atoms in total. The van der Waals surface area contributed by atoms with E-state index in [-0.39, 0.29) is 11.4 Å². The summed E-state index contributed by atoms with van der Waals surface area (Å²) in [6, 6.07) is 16.7. The summed E-state index contributed by atoms with van der Waals surface area (Å²) >= 11 is 6.06. The predicted molar refractivity (Wildman–Crippen MR) is 142 cm³/mol. The second-order valence-corrected chi connectivity index (χ2v) is 10.2. The van der Waals surface area contributed by atoms with Crippen LogP contribution in [0.3, 0.4) is 0 Å². The second kappa shape index (κ2) is 11.8. The molecule has 1 aromatic heterocycles. The monoisotopic (exact) mass is 511 g/mol. The van der Waals surface area contributed by atoms with Crippen molar-refractivity contribution in [2.45, 2.75) is 32.7 Å². The Morgan fingerprint density at radius 3 is 2.56 bits per heavy atom. The molecular formula is C27H34ClN5O3. The number of hydrogen-bond acceptors (Lipinski definition) is 5. The summed E-state index contributed by atoms with van der Waals surface area (Å²) in [4.78, 5) is 15.2. The third-order valence-electron chi connectivity index (χ3n) is 5.97. The molecule has 1 saturated heterocycles. The number of carbonyl (C=O) groups is 1. The molecule has 0 radical (unpaired) electrons. The zero-order chi connectivity index (χ0) is 25.5. The van der Waals surface area contributed by atoms with E-state index in [2.05, 4.69) is 36.3 Å². The summed E-state index contributed by atoms with van der Waals surface area (Å²) in [7, 11) is 0. The molecule has 0 bridgehead atoms. The minimum atomic E-state index is -0.325. The Kier molecular flexibility index (Phi) is 8.51. The average Bonchev–Trinajstić information content (AvgIpc) is 3.29. The van der Waals surface area contributed by atoms with E-state index in [0.29, 0.717) is 24.0 Å². The van der Waals surface area contributed by atoms with Crippen LogP contribution in [0.15, 0.2) is 54.6 Å². The van der Waals surface area contributed by atoms with Gasteiger partial charge >= 0.3 is 6.03 Å². The number of carbonyl (C=O) groups excluding carboxylic acids is 1. The average molecular weight is 512 g/mol. The number of urea groups is 1. The molecule has 1 aliphatic rings. The van der Waals surface area contributed by atoms with Crippen LogP contribution in [-0.4, -0.2) is 60.2 Å². The Bertz CT molecular complexity index is 1150. The molecule has 2 aromatic carbocycles. The van der Waals surface area contributed by atoms with Gasteiger partial charge in [0.15, 0.2) is 0 Å². The van der Waals surface area contributed by atoms with E-state index in [4.69, 9.17) is 26.2 Å². The molecule has 2 amide bonds. The van der Waals surface area contributed by atoms with Crippen LogP contribution in [-0.2, 0) is 16.7 Å². The van der Waals surface area contributed by atoms with Gasteiger partial charge in [-0.15, -0.1) is 0 Å². The van der Waals surface area contributed by atoms with Crippen molar-refractivity contribution < 1.29 is 14.3 Å². The molecule has 0 atom stereocenters. The normalized spacial score (nSPS) is 14.4. The fourth-order valence-corrected chi connectivity index (χ4v) is 3.98. The number of amides is 2. The standard InChI is InChI=1S/C27H34ClN5O3/c1-27(2,3)24-18-25(33(31-24)22-10-8-21(28)9-11-22)30-26(34)29-19-20-6-4-5-7-23(20)36-17-14-32-12-15-35-16-13-32/h4-11,18H,12-17,19H2,1-3H3,(H2,29,30,34). The van der Waals surface area contributed by atoms with Crippen LogP contribution < -0.4 is 15.4 Å². The molecule has 2 N–H and O–H groups in total. The Morgan fingerprint density at radius 1 is 1.11 bits per heavy atom. The number of rotatable bonds is 8. The topological polar surface area (TPSA) is 80.6 Å². The highest BCUT2D eigenvalue weighted by molar-refractivity contribution is 6.30. The minimum Gasteiger partial charge on any atom is -0.492 e. The number of hydrogen-bond donors (Lipinski definition) is 2. The van der Waals surface area contributed by atoms with Crippen molar-refractivity contribution in [2.75, 3.05) is 44.8 Å². The Hall–Kier alpha value is -3.07. The highest BCUT2D eigenvalue weighted by Gasteiger charge is 2.21. The van der Waals surface area contributed by atoms with Gasteiger partial charge in [0, 0.05) is 48.2 Å². The van der Waals surface area contributed by atoms with Crippen LogP contribution in [0.4, 0.5) is 10.6 Å². The van der Waals surface area contributed by atoms with Gasteiger partial charge in [-0.05, 0) is 30.3 Å². The van der Waals surface area contributed by atoms with Gasteiger partial charge in [0.2, 0.25) is 0 Å². The third-order valence-corrected chi connectivity index (χ3v) is 6.22. The first-order chi connectivity index (χ1) is 17.3. The fraction of sp³-hybridized carbons (Fsp3) is 0.407. The van der Waals surface area contributed by atoms with E-state index in [1.165, 1.54) is 0 Å². The van der Waals surface area contributed by atoms with Crippen molar-refractivity contribution in [2.24, 2.45) is 0 Å². The van der Waals surface area contributed by atoms with Gasteiger partial charge in [0.25, 0.3) is 0 Å². The number of aromatic nitrogens is 2. The van der Waals surface area contributed by atoms with Crippen molar-refractivity contribution in [1.29, 1.82) is 0 Å². The van der Waals surface area contributed by atoms with E-state index < -0.39 is 0 Å². The molecule has 2 heterocycles. The summed E-state index contributed by atoms with van der Waals surface area (Å²) in [5.41, 5.74) is 2.41. The fourth-order valence-electron chi connectivity index (χ4n) is 3.85. The highest BCUT2D eigenvalue weighted by atomic mass is 35.5. The van der Waals surface area contributed by atoms with Crippen LogP contribution >= 0.6 is 11.6 Å². The van der Waals surface area contributed by atoms with Crippen molar-refractivity contribution in [3.05, 3.63) is 70.9 Å². The molecular weight excluding hydrogens is 478 g/mol. The Labute approximate surface area is 217 Å². The summed E-state index contributed by atoms with van der Waals surface area (Å²) in [6.45, 7) is 11.4. The summed E-state index contributed by atoms with van der Waals surface area (Å²) in [5.74, 6) is 1.35. The molecule has 1 aliphatic heterocycles. The molecule has 0 unspecified atom stereocenters. The van der Waals surface area contributed by atoms with Crippen molar-refractivity contribution in [3.8, 4) is 11.4 Å². The zero-order valence-electron chi connectivity index (χ0n) is 21.1. The summed E-state index contributed by atoms with van der Waals surface area (Å²) in [6.07, 6.45) is 0. The number of para-hydroxylation sites is 1. The Balaban J connectivity index is 1.39. The predicted octanol–water partition coefficient (Wildman–Crippen LogP) is 4.86. The lowest BCUT2D eigenvalue weighted by Crippen LogP contribution is -2.38. The minimum absolute atomic E-state index is 0.178. The summed E-state index contributed by atoms with van der Waals surface area (Å²) in [5, 5.41) is 11.3. The SMILES string of the molecule is CC(C)(C)c1cc(NC(=O)NCc2ccccc2OCCN2CCOCC2)n(-c2ccc(Cl)cc2)n1. The van der Waals surface area contributed by atoms with E-state index >= 15 is 0 Å². The number of nitrogens with one attached hydrogen (secondary N) is 2. The van der Waals surface area contributed by atoms with Gasteiger partial charge < -0.3 is 14.8 Å². The van der Waals surface area contributed by atoms with Gasteiger partial charge in [0.1, 0.15) is 18.2 Å². The lowest BCUT2D eigenvalue weighted by molar-refractivity contribution is 0.0322. The number of ether oxygens (including phenoxy) is 2. The smallest absolute Gasteiger partial charge is 0.320 e. The lowest BCUT2D eigenvalue weighted by atomic mass is 9.92. The highest BCUT2D eigenvalue weighted by Crippen LogP contribution is 2.27. The largest absolute Gasteiger partial charge is 0.492 e. The maximum absolute atomic E-state index is 12.9. The maximum Gasteiger partial charge on any atom is 0.320 e. The van der Waals surface area contributed by atoms with Crippen molar-refractivity contribution >= 4 is 23.4 Å². The molecule has 0 spiro atoms. The van der Waals surface area contributed by atoms with Gasteiger partial charge in [0.05, 0.1) is 24.6 Å². The van der Waals surface area contributed by atoms with E-state index in [1.807, 2.05) is 42.5 Å². The zero-order valence-corrected chi connectivity index (χ0v) is 21.8. The third kappa shape index (κ3) is 7.00. The van der Waals surface area contributed by atoms with Gasteiger partial charge in [-0.2, -0.15) is 5.10 Å². The lowest BCUT2D eigenvalue weighted by Gasteiger charge is -2.26. The van der Waals surface area contributed by atoms with E-state index in [1.54, 1.807) is 16.8 Å². The van der Waals surface area contributed by atoms with Crippen LogP contribution in [0.5, 0.6) is 5.75 Å². The van der Waals surface area contributed by atoms with Crippen LogP contribution in [0, 0.1) is 0 Å². The van der Waals surface area contributed by atoms with Gasteiger partial charge in [-0.25, -0.2) is 9.48 Å². The first-order valence-electron chi connectivity index (χ1n) is 12.2. The number of morpholine rings is 1. The first-order valence-corrected chi connectivity index (χ1v) is 12.6. The molecule has 4 rings (SSSR count). The second-order valence-electron chi connectivity index (χ2n) is 9.77. The first kappa shape index (κ1) is 26.0. The number of anilines is 1. The molecule has 0 saturated carbocycles. The van der Waals surface area contributed by atoms with Crippen molar-refractivity contribution in [3.63, 3.8) is 0 Å². The Morgan fingerprint density at radius 2 is 1.83 bits per heavy atom. The van der Waals surface area contributed by atoms with Crippen LogP contribution in [0.2, 0.25) is 5.02 Å². The van der Waals surface area contributed by atoms with Gasteiger partial charge in [-0.1, -0.05) is 50.6 Å². The van der Waals surface area contributed by atoms with Crippen molar-refractivity contribution in [1.82, 2.24) is 20.0 Å². The molecule has 0 aliphatic carbocycles. The number of nitrogens with zero attached hydrogens (tertiary/aromatic N) is 3. The van der Waals surface area contributed by atoms with E-state index in [9.17, 15) is 4.79 Å². The molecule has 36 heavy (non-hydrogen) atoms. The maximum atomic E-state index is 12.9. The molecule has 192 valence electrons. The van der Waals surface area contributed by atoms with Crippen LogP contribution in [0.25, 0.3) is 5.69 Å². The van der Waals surface area contributed by atoms with Crippen LogP contribution in [0.1, 0.15) is 32.0 Å². The van der Waals surface area contributed by atoms with E-state index in [0.717, 1.165) is 55.5 Å². The summed E-state index contributed by atoms with van der Waals surface area (Å²) < 4.78 is 13.2. The number of benzene rings is 2. The van der Waals surface area contributed by atoms with Gasteiger partial charge in [-0.3, -0.25) is 10.2 Å². The number of halogens is 1. The molecule has 9 heteroatoms. The quantitative estimate of drug-likeness (QED) is 0.451. The molecule has 3 aromatic rings. The molecule has 1 fully saturated rings.